The second kappa shape index (κ2) is 9.13. The van der Waals surface area contributed by atoms with Gasteiger partial charge in [-0.3, -0.25) is 9.88 Å². The Labute approximate surface area is 130 Å². The maximum Gasteiger partial charge on any atom is 0.0514 e. The molecule has 0 fully saturated rings. The molecule has 0 aliphatic rings. The maximum absolute atomic E-state index is 6.45. The minimum Gasteiger partial charge on any atom is -0.326 e. The van der Waals surface area contributed by atoms with E-state index in [4.69, 9.17) is 5.73 Å². The maximum atomic E-state index is 6.45. The van der Waals surface area contributed by atoms with Crippen LogP contribution in [0.4, 0.5) is 0 Å². The molecule has 21 heavy (non-hydrogen) atoms. The van der Waals surface area contributed by atoms with Gasteiger partial charge in [-0.15, -0.1) is 0 Å². The highest BCUT2D eigenvalue weighted by molar-refractivity contribution is 5.16. The molecule has 0 radical (unpaired) electrons. The van der Waals surface area contributed by atoms with Gasteiger partial charge in [-0.25, -0.2) is 0 Å². The van der Waals surface area contributed by atoms with Crippen LogP contribution in [-0.4, -0.2) is 54.6 Å². The van der Waals surface area contributed by atoms with Crippen molar-refractivity contribution in [3.05, 3.63) is 30.1 Å². The third-order valence-corrected chi connectivity index (χ3v) is 3.73. The smallest absolute Gasteiger partial charge is 0.0514 e. The first-order chi connectivity index (χ1) is 9.95. The van der Waals surface area contributed by atoms with Crippen molar-refractivity contribution in [3.8, 4) is 0 Å². The van der Waals surface area contributed by atoms with Gasteiger partial charge in [0.25, 0.3) is 0 Å². The summed E-state index contributed by atoms with van der Waals surface area (Å²) in [7, 11) is 4.23. The van der Waals surface area contributed by atoms with Crippen LogP contribution in [0, 0.1) is 5.92 Å². The summed E-state index contributed by atoms with van der Waals surface area (Å²) in [4.78, 5) is 9.04. The fourth-order valence-electron chi connectivity index (χ4n) is 2.64. The predicted molar refractivity (Wildman–Crippen MR) is 90.2 cm³/mol. The summed E-state index contributed by atoms with van der Waals surface area (Å²) in [5.74, 6) is 0.621. The van der Waals surface area contributed by atoms with Gasteiger partial charge in [-0.05, 0) is 38.1 Å². The lowest BCUT2D eigenvalue weighted by Gasteiger charge is -2.37. The Bertz CT molecular complexity index is 378. The van der Waals surface area contributed by atoms with Gasteiger partial charge in [-0.1, -0.05) is 26.8 Å². The molecule has 0 aliphatic heterocycles. The minimum absolute atomic E-state index is 0.134. The first-order valence-corrected chi connectivity index (χ1v) is 8.00. The number of pyridine rings is 1. The zero-order valence-electron chi connectivity index (χ0n) is 14.3. The SMILES string of the molecule is CCC(N)C(c1cccnc1)N(CCN(C)C)CC(C)C. The van der Waals surface area contributed by atoms with E-state index in [0.29, 0.717) is 5.92 Å². The highest BCUT2D eigenvalue weighted by atomic mass is 15.2. The number of nitrogens with two attached hydrogens (primary N) is 1. The van der Waals surface area contributed by atoms with Crippen molar-refractivity contribution in [2.45, 2.75) is 39.3 Å². The highest BCUT2D eigenvalue weighted by Crippen LogP contribution is 2.25. The topological polar surface area (TPSA) is 45.4 Å². The third kappa shape index (κ3) is 6.12. The molecule has 0 bridgehead atoms. The molecule has 4 nitrogen and oxygen atoms in total. The van der Waals surface area contributed by atoms with E-state index in [9.17, 15) is 0 Å². The van der Waals surface area contributed by atoms with Crippen LogP contribution in [-0.2, 0) is 0 Å². The quantitative estimate of drug-likeness (QED) is 0.759. The minimum atomic E-state index is 0.134. The molecule has 2 N–H and O–H groups in total. The Morgan fingerprint density at radius 2 is 1.95 bits per heavy atom. The number of hydrogen-bond donors (Lipinski definition) is 1. The van der Waals surface area contributed by atoms with Gasteiger partial charge in [-0.2, -0.15) is 0 Å². The van der Waals surface area contributed by atoms with Crippen molar-refractivity contribution in [2.75, 3.05) is 33.7 Å². The molecule has 1 heterocycles. The van der Waals surface area contributed by atoms with Crippen molar-refractivity contribution in [1.82, 2.24) is 14.8 Å². The second-order valence-corrected chi connectivity index (χ2v) is 6.50. The molecule has 1 aromatic heterocycles. The monoisotopic (exact) mass is 292 g/mol. The molecular formula is C17H32N4. The van der Waals surface area contributed by atoms with E-state index in [-0.39, 0.29) is 12.1 Å². The van der Waals surface area contributed by atoms with Crippen molar-refractivity contribution in [2.24, 2.45) is 11.7 Å². The highest BCUT2D eigenvalue weighted by Gasteiger charge is 2.26. The fraction of sp³-hybridized carbons (Fsp3) is 0.706. The Balaban J connectivity index is 2.98. The van der Waals surface area contributed by atoms with Gasteiger partial charge in [0.15, 0.2) is 0 Å². The number of nitrogens with zero attached hydrogens (tertiary/aromatic N) is 3. The zero-order valence-corrected chi connectivity index (χ0v) is 14.3. The van der Waals surface area contributed by atoms with E-state index >= 15 is 0 Å². The van der Waals surface area contributed by atoms with Crippen LogP contribution in [0.5, 0.6) is 0 Å². The van der Waals surface area contributed by atoms with E-state index in [1.807, 2.05) is 18.5 Å². The average Bonchev–Trinajstić information content (AvgIpc) is 2.45. The van der Waals surface area contributed by atoms with Crippen LogP contribution < -0.4 is 5.73 Å². The molecule has 0 aromatic carbocycles. The van der Waals surface area contributed by atoms with Crippen LogP contribution >= 0.6 is 0 Å². The molecule has 0 amide bonds. The number of likely N-dealkylation sites (N-methyl/N-ethyl adjacent to an activating group) is 1. The number of hydrogen-bond acceptors (Lipinski definition) is 4. The van der Waals surface area contributed by atoms with Gasteiger partial charge in [0.2, 0.25) is 0 Å². The van der Waals surface area contributed by atoms with Crippen LogP contribution in [0.25, 0.3) is 0 Å². The summed E-state index contributed by atoms with van der Waals surface area (Å²) in [6, 6.07) is 4.53. The molecule has 0 saturated carbocycles. The molecule has 4 heteroatoms. The van der Waals surface area contributed by atoms with E-state index in [2.05, 4.69) is 55.7 Å². The van der Waals surface area contributed by atoms with Crippen molar-refractivity contribution < 1.29 is 0 Å². The lowest BCUT2D eigenvalue weighted by Crippen LogP contribution is -2.45. The van der Waals surface area contributed by atoms with E-state index in [1.165, 1.54) is 5.56 Å². The summed E-state index contributed by atoms with van der Waals surface area (Å²) >= 11 is 0. The molecule has 0 aliphatic carbocycles. The molecule has 0 spiro atoms. The first kappa shape index (κ1) is 18.1. The Morgan fingerprint density at radius 3 is 2.43 bits per heavy atom. The van der Waals surface area contributed by atoms with Crippen molar-refractivity contribution in [1.29, 1.82) is 0 Å². The largest absolute Gasteiger partial charge is 0.326 e. The standard InChI is InChI=1S/C17H32N4/c1-6-16(18)17(15-8-7-9-19-12-15)21(13-14(2)3)11-10-20(4)5/h7-9,12,14,16-17H,6,10-11,13,18H2,1-5H3. The summed E-state index contributed by atoms with van der Waals surface area (Å²) in [5.41, 5.74) is 7.68. The fourth-order valence-corrected chi connectivity index (χ4v) is 2.64. The first-order valence-electron chi connectivity index (χ1n) is 8.00. The molecule has 1 aromatic rings. The summed E-state index contributed by atoms with van der Waals surface area (Å²) in [6.07, 6.45) is 4.75. The molecular weight excluding hydrogens is 260 g/mol. The van der Waals surface area contributed by atoms with Crippen LogP contribution in [0.2, 0.25) is 0 Å². The Hall–Kier alpha value is -0.970. The molecule has 2 atom stereocenters. The lowest BCUT2D eigenvalue weighted by atomic mass is 9.96. The normalized spacial score (nSPS) is 14.9. The number of rotatable bonds is 9. The predicted octanol–water partition coefficient (Wildman–Crippen LogP) is 2.38. The lowest BCUT2D eigenvalue weighted by molar-refractivity contribution is 0.138. The van der Waals surface area contributed by atoms with Crippen LogP contribution in [0.3, 0.4) is 0 Å². The molecule has 1 rings (SSSR count). The summed E-state index contributed by atoms with van der Waals surface area (Å²) in [5, 5.41) is 0. The molecule has 0 saturated heterocycles. The van der Waals surface area contributed by atoms with Crippen molar-refractivity contribution in [3.63, 3.8) is 0 Å². The Morgan fingerprint density at radius 1 is 1.24 bits per heavy atom. The van der Waals surface area contributed by atoms with Crippen LogP contribution in [0.15, 0.2) is 24.5 Å². The Kier molecular flexibility index (Phi) is 7.86. The van der Waals surface area contributed by atoms with E-state index in [0.717, 1.165) is 26.1 Å². The molecule has 2 unspecified atom stereocenters. The van der Waals surface area contributed by atoms with Gasteiger partial charge < -0.3 is 10.6 Å². The van der Waals surface area contributed by atoms with Gasteiger partial charge in [0.1, 0.15) is 0 Å². The van der Waals surface area contributed by atoms with Crippen LogP contribution in [0.1, 0.15) is 38.8 Å². The van der Waals surface area contributed by atoms with Crippen molar-refractivity contribution >= 4 is 0 Å². The van der Waals surface area contributed by atoms with Gasteiger partial charge in [0.05, 0.1) is 6.04 Å². The third-order valence-electron chi connectivity index (χ3n) is 3.73. The summed E-state index contributed by atoms with van der Waals surface area (Å²) < 4.78 is 0. The molecule has 120 valence electrons. The van der Waals surface area contributed by atoms with E-state index < -0.39 is 0 Å². The second-order valence-electron chi connectivity index (χ2n) is 6.50. The van der Waals surface area contributed by atoms with Gasteiger partial charge in [0, 0.05) is 38.1 Å². The number of aromatic nitrogens is 1. The average molecular weight is 292 g/mol. The zero-order chi connectivity index (χ0) is 15.8. The van der Waals surface area contributed by atoms with E-state index in [1.54, 1.807) is 0 Å². The summed E-state index contributed by atoms with van der Waals surface area (Å²) in [6.45, 7) is 9.81. The van der Waals surface area contributed by atoms with Gasteiger partial charge >= 0.3 is 0 Å².